The van der Waals surface area contributed by atoms with Gasteiger partial charge < -0.3 is 10.1 Å². The van der Waals surface area contributed by atoms with Crippen LogP contribution >= 0.6 is 23.3 Å². The molecule has 2 heterocycles. The fourth-order valence-corrected chi connectivity index (χ4v) is 3.16. The zero-order chi connectivity index (χ0) is 13.9. The Balaban J connectivity index is 1.70. The van der Waals surface area contributed by atoms with E-state index in [0.29, 0.717) is 5.02 Å². The van der Waals surface area contributed by atoms with E-state index in [9.17, 15) is 0 Å². The van der Waals surface area contributed by atoms with Gasteiger partial charge in [-0.25, -0.2) is 0 Å². The lowest BCUT2D eigenvalue weighted by Gasteiger charge is -2.32. The maximum atomic E-state index is 6.26. The van der Waals surface area contributed by atoms with Crippen molar-refractivity contribution < 1.29 is 4.74 Å². The van der Waals surface area contributed by atoms with E-state index in [1.807, 2.05) is 12.1 Å². The number of ether oxygens (including phenoxy) is 1. The van der Waals surface area contributed by atoms with Gasteiger partial charge in [-0.2, -0.15) is 8.75 Å². The first-order valence-corrected chi connectivity index (χ1v) is 7.87. The molecule has 7 heteroatoms. The molecule has 1 N–H and O–H groups in total. The number of nitrogens with one attached hydrogen (secondary N) is 1. The van der Waals surface area contributed by atoms with Crippen molar-refractivity contribution in [2.24, 2.45) is 0 Å². The average Bonchev–Trinajstić information content (AvgIpc) is 2.95. The lowest BCUT2D eigenvalue weighted by Crippen LogP contribution is -2.45. The van der Waals surface area contributed by atoms with Crippen LogP contribution in [0, 0.1) is 0 Å². The molecule has 0 saturated carbocycles. The van der Waals surface area contributed by atoms with Gasteiger partial charge in [-0.05, 0) is 18.7 Å². The molecule has 0 radical (unpaired) electrons. The predicted molar refractivity (Wildman–Crippen MR) is 82.8 cm³/mol. The van der Waals surface area contributed by atoms with E-state index in [0.717, 1.165) is 49.5 Å². The lowest BCUT2D eigenvalue weighted by molar-refractivity contribution is -0.0191. The fraction of sp³-hybridized carbons (Fsp3) is 0.538. The number of rotatable bonds is 4. The summed E-state index contributed by atoms with van der Waals surface area (Å²) in [6.07, 6.45) is 0.182. The maximum Gasteiger partial charge on any atom is 0.129 e. The Kier molecular flexibility index (Phi) is 4.35. The first kappa shape index (κ1) is 14.0. The molecule has 5 nitrogen and oxygen atoms in total. The van der Waals surface area contributed by atoms with E-state index >= 15 is 0 Å². The second-order valence-electron chi connectivity index (χ2n) is 4.82. The van der Waals surface area contributed by atoms with Gasteiger partial charge in [0.25, 0.3) is 0 Å². The Hall–Kier alpha value is -0.950. The molecule has 20 heavy (non-hydrogen) atoms. The Morgan fingerprint density at radius 1 is 1.50 bits per heavy atom. The summed E-state index contributed by atoms with van der Waals surface area (Å²) in [4.78, 5) is 2.39. The van der Waals surface area contributed by atoms with Crippen molar-refractivity contribution in [3.63, 3.8) is 0 Å². The van der Waals surface area contributed by atoms with Crippen molar-refractivity contribution in [2.75, 3.05) is 38.1 Å². The number of halogens is 1. The molecule has 0 bridgehead atoms. The van der Waals surface area contributed by atoms with Gasteiger partial charge >= 0.3 is 0 Å². The standard InChI is InChI=1S/C13H17ClN4OS/c1-2-18-5-6-19-9(8-18)7-15-12-10(14)3-4-11-13(12)17-20-16-11/h3-4,9,15H,2,5-8H2,1H3. The second kappa shape index (κ2) is 6.22. The molecule has 108 valence electrons. The second-order valence-corrected chi connectivity index (χ2v) is 5.76. The third-order valence-corrected chi connectivity index (χ3v) is 4.41. The molecule has 1 unspecified atom stereocenters. The van der Waals surface area contributed by atoms with E-state index in [2.05, 4.69) is 25.9 Å². The molecule has 1 aliphatic rings. The van der Waals surface area contributed by atoms with Crippen LogP contribution in [0.3, 0.4) is 0 Å². The molecule has 0 amide bonds. The van der Waals surface area contributed by atoms with Crippen molar-refractivity contribution in [3.8, 4) is 0 Å². The molecule has 2 aromatic rings. The molecule has 1 saturated heterocycles. The van der Waals surface area contributed by atoms with Gasteiger partial charge in [0.05, 0.1) is 35.1 Å². The molecule has 1 fully saturated rings. The number of benzene rings is 1. The summed E-state index contributed by atoms with van der Waals surface area (Å²) >= 11 is 7.46. The van der Waals surface area contributed by atoms with Crippen molar-refractivity contribution in [2.45, 2.75) is 13.0 Å². The smallest absolute Gasteiger partial charge is 0.129 e. The number of fused-ring (bicyclic) bond motifs is 1. The summed E-state index contributed by atoms with van der Waals surface area (Å²) in [5.41, 5.74) is 2.57. The number of likely N-dealkylation sites (N-methyl/N-ethyl adjacent to an activating group) is 1. The summed E-state index contributed by atoms with van der Waals surface area (Å²) in [5, 5.41) is 4.05. The third kappa shape index (κ3) is 2.88. The molecule has 1 aromatic heterocycles. The van der Waals surface area contributed by atoms with Crippen LogP contribution in [0.4, 0.5) is 5.69 Å². The highest BCUT2D eigenvalue weighted by molar-refractivity contribution is 7.00. The summed E-state index contributed by atoms with van der Waals surface area (Å²) in [5.74, 6) is 0. The van der Waals surface area contributed by atoms with Gasteiger partial charge in [0, 0.05) is 19.6 Å². The van der Waals surface area contributed by atoms with Crippen molar-refractivity contribution in [1.29, 1.82) is 0 Å². The fourth-order valence-electron chi connectivity index (χ4n) is 2.40. The molecule has 0 aliphatic carbocycles. The SMILES string of the molecule is CCN1CCOC(CNc2c(Cl)ccc3nsnc23)C1. The van der Waals surface area contributed by atoms with Crippen LogP contribution in [0.1, 0.15) is 6.92 Å². The van der Waals surface area contributed by atoms with Crippen molar-refractivity contribution in [1.82, 2.24) is 13.6 Å². The normalized spacial score (nSPS) is 20.4. The zero-order valence-corrected chi connectivity index (χ0v) is 12.9. The molecular weight excluding hydrogens is 296 g/mol. The Labute approximate surface area is 127 Å². The van der Waals surface area contributed by atoms with E-state index in [1.165, 1.54) is 11.7 Å². The number of nitrogens with zero attached hydrogens (tertiary/aromatic N) is 3. The topological polar surface area (TPSA) is 50.3 Å². The monoisotopic (exact) mass is 312 g/mol. The molecule has 3 rings (SSSR count). The molecule has 1 atom stereocenters. The quantitative estimate of drug-likeness (QED) is 0.940. The number of anilines is 1. The summed E-state index contributed by atoms with van der Waals surface area (Å²) in [7, 11) is 0. The van der Waals surface area contributed by atoms with Crippen LogP contribution in [0.2, 0.25) is 5.02 Å². The van der Waals surface area contributed by atoms with Crippen LogP contribution in [0.15, 0.2) is 12.1 Å². The third-order valence-electron chi connectivity index (χ3n) is 3.55. The number of hydrogen-bond acceptors (Lipinski definition) is 6. The van der Waals surface area contributed by atoms with Crippen LogP contribution in [-0.2, 0) is 4.74 Å². The number of morpholine rings is 1. The highest BCUT2D eigenvalue weighted by Crippen LogP contribution is 2.29. The average molecular weight is 313 g/mol. The zero-order valence-electron chi connectivity index (χ0n) is 11.3. The molecular formula is C13H17ClN4OS. The minimum atomic E-state index is 0.182. The molecule has 0 spiro atoms. The van der Waals surface area contributed by atoms with Crippen LogP contribution in [-0.4, -0.2) is 52.5 Å². The summed E-state index contributed by atoms with van der Waals surface area (Å²) < 4.78 is 14.3. The Bertz CT molecular complexity index is 591. The minimum Gasteiger partial charge on any atom is -0.379 e. The first-order valence-electron chi connectivity index (χ1n) is 6.76. The largest absolute Gasteiger partial charge is 0.379 e. The predicted octanol–water partition coefficient (Wildman–Crippen LogP) is 2.48. The molecule has 1 aliphatic heterocycles. The lowest BCUT2D eigenvalue weighted by atomic mass is 10.2. The van der Waals surface area contributed by atoms with E-state index in [4.69, 9.17) is 16.3 Å². The van der Waals surface area contributed by atoms with Gasteiger partial charge in [-0.1, -0.05) is 18.5 Å². The first-order chi connectivity index (χ1) is 9.78. The minimum absolute atomic E-state index is 0.182. The van der Waals surface area contributed by atoms with E-state index < -0.39 is 0 Å². The van der Waals surface area contributed by atoms with Gasteiger partial charge in [-0.3, -0.25) is 4.90 Å². The van der Waals surface area contributed by atoms with Gasteiger partial charge in [0.2, 0.25) is 0 Å². The number of aromatic nitrogens is 2. The summed E-state index contributed by atoms with van der Waals surface area (Å²) in [6.45, 7) is 6.72. The van der Waals surface area contributed by atoms with Crippen molar-refractivity contribution in [3.05, 3.63) is 17.2 Å². The van der Waals surface area contributed by atoms with Crippen LogP contribution in [0.25, 0.3) is 11.0 Å². The molecule has 1 aromatic carbocycles. The Morgan fingerprint density at radius 3 is 3.25 bits per heavy atom. The van der Waals surface area contributed by atoms with Crippen molar-refractivity contribution >= 4 is 40.0 Å². The van der Waals surface area contributed by atoms with Gasteiger partial charge in [-0.15, -0.1) is 0 Å². The highest BCUT2D eigenvalue weighted by Gasteiger charge is 2.20. The highest BCUT2D eigenvalue weighted by atomic mass is 35.5. The van der Waals surface area contributed by atoms with E-state index in [-0.39, 0.29) is 6.10 Å². The van der Waals surface area contributed by atoms with E-state index in [1.54, 1.807) is 0 Å². The Morgan fingerprint density at radius 2 is 2.40 bits per heavy atom. The number of hydrogen-bond donors (Lipinski definition) is 1. The maximum absolute atomic E-state index is 6.26. The summed E-state index contributed by atoms with van der Waals surface area (Å²) in [6, 6.07) is 3.75. The van der Waals surface area contributed by atoms with Crippen LogP contribution < -0.4 is 5.32 Å². The van der Waals surface area contributed by atoms with Crippen LogP contribution in [0.5, 0.6) is 0 Å². The van der Waals surface area contributed by atoms with Gasteiger partial charge in [0.1, 0.15) is 11.0 Å². The van der Waals surface area contributed by atoms with Gasteiger partial charge in [0.15, 0.2) is 0 Å².